The highest BCUT2D eigenvalue weighted by atomic mass is 16.8. The molecule has 0 aliphatic carbocycles. The summed E-state index contributed by atoms with van der Waals surface area (Å²) in [5, 5.41) is 3.71. The van der Waals surface area contributed by atoms with Gasteiger partial charge in [-0.15, -0.1) is 0 Å². The Morgan fingerprint density at radius 2 is 1.97 bits per heavy atom. The zero-order valence-electron chi connectivity index (χ0n) is 18.5. The van der Waals surface area contributed by atoms with E-state index in [1.807, 2.05) is 25.1 Å². The SMILES string of the molecule is Cc1ccc2oc(C(=O)NC[C@H]3OC[C@@H](n4ccc(=O)[nH]c4=O)[C@@H]4OC(C)(C)O[C@@H]43)cc2c1. The predicted octanol–water partition coefficient (Wildman–Crippen LogP) is 1.48. The van der Waals surface area contributed by atoms with E-state index in [1.54, 1.807) is 19.9 Å². The van der Waals surface area contributed by atoms with Crippen molar-refractivity contribution in [3.8, 4) is 0 Å². The van der Waals surface area contributed by atoms with Crippen LogP contribution in [0.1, 0.15) is 36.0 Å². The zero-order chi connectivity index (χ0) is 23.3. The highest BCUT2D eigenvalue weighted by Gasteiger charge is 2.52. The second-order valence-corrected chi connectivity index (χ2v) is 8.88. The van der Waals surface area contributed by atoms with E-state index in [0.29, 0.717) is 5.58 Å². The molecule has 2 aliphatic heterocycles. The normalized spacial score (nSPS) is 26.3. The number of benzene rings is 1. The molecule has 0 bridgehead atoms. The third kappa shape index (κ3) is 4.12. The Bertz CT molecular complexity index is 1320. The largest absolute Gasteiger partial charge is 0.451 e. The van der Waals surface area contributed by atoms with Crippen LogP contribution in [-0.4, -0.2) is 52.7 Å². The molecule has 1 amide bonds. The minimum absolute atomic E-state index is 0.150. The Morgan fingerprint density at radius 3 is 2.76 bits per heavy atom. The second-order valence-electron chi connectivity index (χ2n) is 8.88. The monoisotopic (exact) mass is 455 g/mol. The van der Waals surface area contributed by atoms with Gasteiger partial charge >= 0.3 is 5.69 Å². The molecule has 0 saturated carbocycles. The molecule has 0 unspecified atom stereocenters. The van der Waals surface area contributed by atoms with E-state index < -0.39 is 41.4 Å². The lowest BCUT2D eigenvalue weighted by molar-refractivity contribution is -0.153. The van der Waals surface area contributed by atoms with Crippen molar-refractivity contribution in [2.75, 3.05) is 13.2 Å². The zero-order valence-corrected chi connectivity index (χ0v) is 18.5. The van der Waals surface area contributed by atoms with E-state index in [-0.39, 0.29) is 24.8 Å². The van der Waals surface area contributed by atoms with Crippen LogP contribution in [-0.2, 0) is 14.2 Å². The average molecular weight is 455 g/mol. The van der Waals surface area contributed by atoms with E-state index >= 15 is 0 Å². The lowest BCUT2D eigenvalue weighted by Gasteiger charge is -2.37. The van der Waals surface area contributed by atoms with Crippen LogP contribution in [0.25, 0.3) is 11.0 Å². The van der Waals surface area contributed by atoms with Crippen molar-refractivity contribution in [3.05, 3.63) is 68.7 Å². The molecule has 0 radical (unpaired) electrons. The lowest BCUT2D eigenvalue weighted by Crippen LogP contribution is -2.54. The van der Waals surface area contributed by atoms with Crippen molar-refractivity contribution >= 4 is 16.9 Å². The Hall–Kier alpha value is -3.21. The first-order valence-corrected chi connectivity index (χ1v) is 10.8. The van der Waals surface area contributed by atoms with Crippen molar-refractivity contribution in [3.63, 3.8) is 0 Å². The quantitative estimate of drug-likeness (QED) is 0.611. The molecule has 2 aliphatic rings. The third-order valence-electron chi connectivity index (χ3n) is 5.96. The molecule has 33 heavy (non-hydrogen) atoms. The van der Waals surface area contributed by atoms with Crippen molar-refractivity contribution in [2.24, 2.45) is 0 Å². The Labute approximate surface area is 188 Å². The van der Waals surface area contributed by atoms with E-state index in [0.717, 1.165) is 10.9 Å². The minimum Gasteiger partial charge on any atom is -0.451 e. The topological polar surface area (TPSA) is 125 Å². The Balaban J connectivity index is 1.32. The number of ether oxygens (including phenoxy) is 3. The molecule has 5 rings (SSSR count). The maximum absolute atomic E-state index is 12.7. The van der Waals surface area contributed by atoms with Gasteiger partial charge in [-0.1, -0.05) is 11.6 Å². The van der Waals surface area contributed by atoms with Crippen LogP contribution in [0.5, 0.6) is 0 Å². The molecule has 2 N–H and O–H groups in total. The van der Waals surface area contributed by atoms with Crippen LogP contribution in [0.15, 0.2) is 50.5 Å². The standard InChI is InChI=1S/C23H25N3O7/c1-12-4-5-15-13(8-12)9-16(31-15)21(28)24-10-17-20-19(32-23(2,3)33-20)14(11-30-17)26-7-6-18(27)25-22(26)29/h4-9,14,17,19-20H,10-11H2,1-3H3,(H,24,28)(H,25,27,29)/t14-,17-,19+,20-/m1/s1. The summed E-state index contributed by atoms with van der Waals surface area (Å²) in [5.74, 6) is -1.04. The molecule has 0 spiro atoms. The molecular weight excluding hydrogens is 430 g/mol. The van der Waals surface area contributed by atoms with Gasteiger partial charge in [0.05, 0.1) is 12.6 Å². The van der Waals surface area contributed by atoms with E-state index in [2.05, 4.69) is 10.3 Å². The fraction of sp³-hybridized carbons (Fsp3) is 0.435. The molecule has 3 aromatic rings. The van der Waals surface area contributed by atoms with E-state index in [1.165, 1.54) is 16.8 Å². The summed E-state index contributed by atoms with van der Waals surface area (Å²) >= 11 is 0. The van der Waals surface area contributed by atoms with Crippen molar-refractivity contribution in [1.82, 2.24) is 14.9 Å². The summed E-state index contributed by atoms with van der Waals surface area (Å²) in [7, 11) is 0. The van der Waals surface area contributed by atoms with Gasteiger partial charge in [0.2, 0.25) is 0 Å². The van der Waals surface area contributed by atoms with Crippen LogP contribution < -0.4 is 16.6 Å². The first kappa shape index (κ1) is 21.6. The molecule has 4 atom stereocenters. The van der Waals surface area contributed by atoms with Gasteiger partial charge in [0.1, 0.15) is 23.9 Å². The summed E-state index contributed by atoms with van der Waals surface area (Å²) in [4.78, 5) is 38.7. The van der Waals surface area contributed by atoms with E-state index in [9.17, 15) is 14.4 Å². The number of hydrogen-bond acceptors (Lipinski definition) is 7. The number of furan rings is 1. The smallest absolute Gasteiger partial charge is 0.328 e. The van der Waals surface area contributed by atoms with Crippen molar-refractivity contribution in [1.29, 1.82) is 0 Å². The lowest BCUT2D eigenvalue weighted by atomic mass is 9.97. The first-order chi connectivity index (χ1) is 15.7. The number of hydrogen-bond donors (Lipinski definition) is 2. The third-order valence-corrected chi connectivity index (χ3v) is 5.96. The number of nitrogens with one attached hydrogen (secondary N) is 2. The first-order valence-electron chi connectivity index (χ1n) is 10.8. The summed E-state index contributed by atoms with van der Waals surface area (Å²) in [6.07, 6.45) is -0.113. The number of aromatic amines is 1. The number of aromatic nitrogens is 2. The van der Waals surface area contributed by atoms with Crippen molar-refractivity contribution < 1.29 is 23.4 Å². The number of amides is 1. The number of carbonyl (C=O) groups is 1. The van der Waals surface area contributed by atoms with Gasteiger partial charge in [0, 0.05) is 24.2 Å². The number of H-pyrrole nitrogens is 1. The molecule has 10 heteroatoms. The molecule has 174 valence electrons. The van der Waals surface area contributed by atoms with Crippen LogP contribution in [0, 0.1) is 6.92 Å². The predicted molar refractivity (Wildman–Crippen MR) is 117 cm³/mol. The van der Waals surface area contributed by atoms with Gasteiger partial charge in [-0.2, -0.15) is 0 Å². The molecule has 2 fully saturated rings. The Kier molecular flexibility index (Phi) is 5.23. The molecule has 2 saturated heterocycles. The number of nitrogens with zero attached hydrogens (tertiary/aromatic N) is 1. The Morgan fingerprint density at radius 1 is 1.18 bits per heavy atom. The molecular formula is C23H25N3O7. The van der Waals surface area contributed by atoms with Crippen LogP contribution in [0.3, 0.4) is 0 Å². The molecule has 2 aromatic heterocycles. The fourth-order valence-corrected chi connectivity index (χ4v) is 4.47. The van der Waals surface area contributed by atoms with Crippen LogP contribution in [0.4, 0.5) is 0 Å². The maximum Gasteiger partial charge on any atom is 0.328 e. The second kappa shape index (κ2) is 7.98. The molecule has 10 nitrogen and oxygen atoms in total. The maximum atomic E-state index is 12.7. The van der Waals surface area contributed by atoms with Gasteiger partial charge in [0.15, 0.2) is 11.5 Å². The summed E-state index contributed by atoms with van der Waals surface area (Å²) in [6.45, 7) is 5.86. The summed E-state index contributed by atoms with van der Waals surface area (Å²) in [6, 6.07) is 8.20. The fourth-order valence-electron chi connectivity index (χ4n) is 4.47. The number of aryl methyl sites for hydroxylation is 1. The van der Waals surface area contributed by atoms with Gasteiger partial charge < -0.3 is 23.9 Å². The van der Waals surface area contributed by atoms with Gasteiger partial charge in [-0.05, 0) is 39.0 Å². The highest BCUT2D eigenvalue weighted by molar-refractivity contribution is 5.96. The average Bonchev–Trinajstić information content (AvgIpc) is 3.31. The highest BCUT2D eigenvalue weighted by Crippen LogP contribution is 2.39. The minimum atomic E-state index is -0.897. The van der Waals surface area contributed by atoms with Crippen LogP contribution in [0.2, 0.25) is 0 Å². The molecule has 4 heterocycles. The number of fused-ring (bicyclic) bond motifs is 2. The van der Waals surface area contributed by atoms with E-state index in [4.69, 9.17) is 18.6 Å². The summed E-state index contributed by atoms with van der Waals surface area (Å²) in [5.41, 5.74) is 0.696. The van der Waals surface area contributed by atoms with Crippen molar-refractivity contribution in [2.45, 2.75) is 50.9 Å². The van der Waals surface area contributed by atoms with Gasteiger partial charge in [-0.25, -0.2) is 4.79 Å². The number of carbonyl (C=O) groups excluding carboxylic acids is 1. The van der Waals surface area contributed by atoms with Gasteiger partial charge in [0.25, 0.3) is 11.5 Å². The molecule has 1 aromatic carbocycles. The summed E-state index contributed by atoms with van der Waals surface area (Å²) < 4.78 is 25.2. The number of rotatable bonds is 4. The van der Waals surface area contributed by atoms with Gasteiger partial charge in [-0.3, -0.25) is 19.1 Å². The van der Waals surface area contributed by atoms with Crippen LogP contribution >= 0.6 is 0 Å².